The minimum Gasteiger partial charge on any atom is -0.495 e. The summed E-state index contributed by atoms with van der Waals surface area (Å²) >= 11 is 0. The molecule has 2 rings (SSSR count). The first-order valence-electron chi connectivity index (χ1n) is 7.95. The number of methoxy groups -OCH3 is 1. The van der Waals surface area contributed by atoms with Gasteiger partial charge in [0.25, 0.3) is 15.9 Å². The summed E-state index contributed by atoms with van der Waals surface area (Å²) in [6, 6.07) is 11.7. The lowest BCUT2D eigenvalue weighted by atomic mass is 10.1. The van der Waals surface area contributed by atoms with E-state index in [1.807, 2.05) is 25.1 Å². The topological polar surface area (TPSA) is 84.9 Å². The van der Waals surface area contributed by atoms with Crippen LogP contribution in [0.2, 0.25) is 0 Å². The van der Waals surface area contributed by atoms with E-state index in [9.17, 15) is 13.2 Å². The number of anilines is 1. The number of para-hydroxylation sites is 1. The molecule has 2 aromatic carbocycles. The van der Waals surface area contributed by atoms with E-state index in [2.05, 4.69) is 5.32 Å². The Morgan fingerprint density at radius 1 is 1.15 bits per heavy atom. The normalized spacial score (nSPS) is 11.4. The third-order valence-corrected chi connectivity index (χ3v) is 5.65. The predicted molar refractivity (Wildman–Crippen MR) is 98.7 cm³/mol. The molecule has 0 saturated carbocycles. The van der Waals surface area contributed by atoms with Crippen molar-refractivity contribution in [2.24, 2.45) is 0 Å². The van der Waals surface area contributed by atoms with Gasteiger partial charge >= 0.3 is 0 Å². The van der Waals surface area contributed by atoms with Gasteiger partial charge in [-0.15, -0.1) is 0 Å². The molecule has 140 valence electrons. The van der Waals surface area contributed by atoms with E-state index in [1.165, 1.54) is 39.5 Å². The van der Waals surface area contributed by atoms with Gasteiger partial charge in [0.1, 0.15) is 10.6 Å². The predicted octanol–water partition coefficient (Wildman–Crippen LogP) is 2.69. The van der Waals surface area contributed by atoms with Gasteiger partial charge in [0.2, 0.25) is 0 Å². The molecule has 26 heavy (non-hydrogen) atoms. The number of carbonyl (C=O) groups is 1. The van der Waals surface area contributed by atoms with Crippen LogP contribution in [0.5, 0.6) is 5.75 Å². The molecule has 0 heterocycles. The molecule has 0 aliphatic rings. The fourth-order valence-corrected chi connectivity index (χ4v) is 3.56. The molecule has 0 fully saturated rings. The molecule has 0 saturated heterocycles. The largest absolute Gasteiger partial charge is 0.495 e. The number of benzene rings is 2. The third-order valence-electron chi connectivity index (χ3n) is 3.95. The molecule has 0 aromatic heterocycles. The number of ether oxygens (including phenoxy) is 1. The Hall–Kier alpha value is -2.42. The number of nitrogens with one attached hydrogen (secondary N) is 1. The molecular formula is C18H22N2O5S. The fraction of sp³-hybridized carbons (Fsp3) is 0.278. The quantitative estimate of drug-likeness (QED) is 0.749. The molecule has 0 bridgehead atoms. The summed E-state index contributed by atoms with van der Waals surface area (Å²) in [6.45, 7) is 1.99. The summed E-state index contributed by atoms with van der Waals surface area (Å²) in [6.07, 6.45) is 0.761. The number of hydroxylamine groups is 1. The molecule has 1 amide bonds. The number of aryl methyl sites for hydroxylation is 1. The van der Waals surface area contributed by atoms with Gasteiger partial charge in [-0.2, -0.15) is 0 Å². The van der Waals surface area contributed by atoms with E-state index < -0.39 is 15.9 Å². The Bertz CT molecular complexity index is 896. The van der Waals surface area contributed by atoms with Crippen LogP contribution in [-0.2, 0) is 21.3 Å². The first-order valence-corrected chi connectivity index (χ1v) is 9.39. The van der Waals surface area contributed by atoms with Crippen molar-refractivity contribution in [1.82, 2.24) is 4.47 Å². The third kappa shape index (κ3) is 4.04. The minimum absolute atomic E-state index is 0.124. The molecule has 8 heteroatoms. The smallest absolute Gasteiger partial charge is 0.268 e. The van der Waals surface area contributed by atoms with Crippen molar-refractivity contribution in [3.8, 4) is 5.75 Å². The summed E-state index contributed by atoms with van der Waals surface area (Å²) in [5.74, 6) is -0.288. The zero-order chi connectivity index (χ0) is 19.3. The van der Waals surface area contributed by atoms with Crippen molar-refractivity contribution >= 4 is 21.6 Å². The average molecular weight is 378 g/mol. The average Bonchev–Trinajstić information content (AvgIpc) is 2.66. The van der Waals surface area contributed by atoms with Crippen molar-refractivity contribution in [2.45, 2.75) is 18.2 Å². The van der Waals surface area contributed by atoms with Gasteiger partial charge in [-0.25, -0.2) is 8.42 Å². The zero-order valence-corrected chi connectivity index (χ0v) is 16.0. The zero-order valence-electron chi connectivity index (χ0n) is 15.1. The lowest BCUT2D eigenvalue weighted by Crippen LogP contribution is -2.26. The molecule has 0 atom stereocenters. The standard InChI is InChI=1S/C18H22N2O5S/c1-5-13-8-6-7-9-15(13)19-18(21)14-10-11-16(24-3)17(12-14)26(22,23)20(2)25-4/h6-12H,5H2,1-4H3,(H,19,21). The van der Waals surface area contributed by atoms with Crippen molar-refractivity contribution in [1.29, 1.82) is 0 Å². The van der Waals surface area contributed by atoms with Crippen molar-refractivity contribution in [3.05, 3.63) is 53.6 Å². The van der Waals surface area contributed by atoms with Crippen molar-refractivity contribution in [3.63, 3.8) is 0 Å². The molecule has 0 aliphatic carbocycles. The van der Waals surface area contributed by atoms with Crippen LogP contribution in [0.1, 0.15) is 22.8 Å². The van der Waals surface area contributed by atoms with Crippen molar-refractivity contribution < 1.29 is 22.8 Å². The van der Waals surface area contributed by atoms with Crippen LogP contribution in [0, 0.1) is 0 Å². The number of amides is 1. The molecule has 0 spiro atoms. The molecule has 0 unspecified atom stereocenters. The van der Waals surface area contributed by atoms with Crippen LogP contribution < -0.4 is 10.1 Å². The molecule has 0 aliphatic heterocycles. The lowest BCUT2D eigenvalue weighted by molar-refractivity contribution is -0.0259. The summed E-state index contributed by atoms with van der Waals surface area (Å²) in [5.41, 5.74) is 1.87. The number of carbonyl (C=O) groups excluding carboxylic acids is 1. The van der Waals surface area contributed by atoms with E-state index in [1.54, 1.807) is 6.07 Å². The summed E-state index contributed by atoms with van der Waals surface area (Å²) in [7, 11) is -0.107. The Morgan fingerprint density at radius 3 is 2.46 bits per heavy atom. The Labute approximate surface area is 153 Å². The molecule has 1 N–H and O–H groups in total. The minimum atomic E-state index is -3.97. The summed E-state index contributed by atoms with van der Waals surface area (Å²) in [4.78, 5) is 17.2. The SMILES string of the molecule is CCc1ccccc1NC(=O)c1ccc(OC)c(S(=O)(=O)N(C)OC)c1. The fourth-order valence-electron chi connectivity index (χ4n) is 2.40. The highest BCUT2D eigenvalue weighted by molar-refractivity contribution is 7.89. The molecule has 2 aromatic rings. The van der Waals surface area contributed by atoms with E-state index in [-0.39, 0.29) is 16.2 Å². The van der Waals surface area contributed by atoms with Crippen LogP contribution in [0.25, 0.3) is 0 Å². The maximum Gasteiger partial charge on any atom is 0.268 e. The van der Waals surface area contributed by atoms with Crippen LogP contribution >= 0.6 is 0 Å². The highest BCUT2D eigenvalue weighted by Crippen LogP contribution is 2.28. The summed E-state index contributed by atoms with van der Waals surface area (Å²) < 4.78 is 31.0. The Morgan fingerprint density at radius 2 is 1.85 bits per heavy atom. The van der Waals surface area contributed by atoms with E-state index in [4.69, 9.17) is 9.57 Å². The number of rotatable bonds is 7. The first kappa shape index (κ1) is 19.9. The highest BCUT2D eigenvalue weighted by Gasteiger charge is 2.26. The maximum atomic E-state index is 12.6. The Kier molecular flexibility index (Phi) is 6.36. The summed E-state index contributed by atoms with van der Waals surface area (Å²) in [5, 5.41) is 2.82. The second kappa shape index (κ2) is 8.31. The Balaban J connectivity index is 2.42. The van der Waals surface area contributed by atoms with Gasteiger partial charge in [-0.3, -0.25) is 9.63 Å². The highest BCUT2D eigenvalue weighted by atomic mass is 32.2. The molecular weight excluding hydrogens is 356 g/mol. The van der Waals surface area contributed by atoms with E-state index in [0.29, 0.717) is 10.2 Å². The van der Waals surface area contributed by atoms with Crippen LogP contribution in [0.15, 0.2) is 47.4 Å². The second-order valence-electron chi connectivity index (χ2n) is 5.43. The van der Waals surface area contributed by atoms with Crippen LogP contribution in [-0.4, -0.2) is 40.1 Å². The maximum absolute atomic E-state index is 12.6. The number of hydrogen-bond donors (Lipinski definition) is 1. The van der Waals surface area contributed by atoms with Gasteiger partial charge in [0, 0.05) is 18.3 Å². The van der Waals surface area contributed by atoms with Gasteiger partial charge in [0.15, 0.2) is 0 Å². The number of nitrogens with zero attached hydrogens (tertiary/aromatic N) is 1. The monoisotopic (exact) mass is 378 g/mol. The van der Waals surface area contributed by atoms with Crippen molar-refractivity contribution in [2.75, 3.05) is 26.6 Å². The number of hydrogen-bond acceptors (Lipinski definition) is 5. The molecule has 0 radical (unpaired) electrons. The first-order chi connectivity index (χ1) is 12.3. The van der Waals surface area contributed by atoms with E-state index >= 15 is 0 Å². The second-order valence-corrected chi connectivity index (χ2v) is 7.33. The van der Waals surface area contributed by atoms with Gasteiger partial charge in [-0.1, -0.05) is 29.6 Å². The lowest BCUT2D eigenvalue weighted by Gasteiger charge is -2.17. The number of sulfonamides is 1. The van der Waals surface area contributed by atoms with Crippen LogP contribution in [0.3, 0.4) is 0 Å². The van der Waals surface area contributed by atoms with Crippen LogP contribution in [0.4, 0.5) is 5.69 Å². The van der Waals surface area contributed by atoms with Gasteiger partial charge < -0.3 is 10.1 Å². The molecule has 7 nitrogen and oxygen atoms in total. The van der Waals surface area contributed by atoms with Gasteiger partial charge in [0.05, 0.1) is 14.2 Å². The van der Waals surface area contributed by atoms with E-state index in [0.717, 1.165) is 12.0 Å². The van der Waals surface area contributed by atoms with Gasteiger partial charge in [-0.05, 0) is 36.2 Å².